The number of benzene rings is 2. The number of carboxylic acid groups (broad SMARTS) is 1. The fourth-order valence-electron chi connectivity index (χ4n) is 4.73. The number of ether oxygens (including phenoxy) is 1. The summed E-state index contributed by atoms with van der Waals surface area (Å²) < 4.78 is 45.8. The third-order valence-corrected chi connectivity index (χ3v) is 7.01. The monoisotopic (exact) mass is 544 g/mol. The van der Waals surface area contributed by atoms with Gasteiger partial charge in [-0.1, -0.05) is 23.4 Å². The third-order valence-electron chi connectivity index (χ3n) is 6.73. The number of carbonyl (C=O) groups is 2. The van der Waals surface area contributed by atoms with E-state index in [0.29, 0.717) is 47.7 Å². The summed E-state index contributed by atoms with van der Waals surface area (Å²) in [6.45, 7) is 0.792. The van der Waals surface area contributed by atoms with Crippen LogP contribution in [0.5, 0.6) is 5.75 Å². The zero-order valence-corrected chi connectivity index (χ0v) is 21.2. The Morgan fingerprint density at radius 2 is 2.03 bits per heavy atom. The molecule has 0 aliphatic carbocycles. The van der Waals surface area contributed by atoms with Gasteiger partial charge in [0.25, 0.3) is 0 Å². The van der Waals surface area contributed by atoms with Crippen LogP contribution in [-0.2, 0) is 4.79 Å². The maximum absolute atomic E-state index is 13.8. The second-order valence-electron chi connectivity index (χ2n) is 9.11. The molecule has 38 heavy (non-hydrogen) atoms. The molecular formula is C28H24ClF3N2O4. The van der Waals surface area contributed by atoms with Gasteiger partial charge in [-0.05, 0) is 49.6 Å². The largest absolute Gasteiger partial charge is 0.497 e. The maximum Gasteiger partial charge on any atom is 0.308 e. The Labute approximate surface area is 222 Å². The lowest BCUT2D eigenvalue weighted by Gasteiger charge is -2.35. The Hall–Kier alpha value is -3.61. The number of rotatable bonds is 7. The molecule has 3 aromatic rings. The second kappa shape index (κ2) is 11.8. The van der Waals surface area contributed by atoms with Crippen molar-refractivity contribution in [2.24, 2.45) is 11.8 Å². The van der Waals surface area contributed by atoms with Gasteiger partial charge in [0.1, 0.15) is 11.6 Å². The van der Waals surface area contributed by atoms with Crippen LogP contribution >= 0.6 is 11.6 Å². The number of methoxy groups -OCH3 is 1. The number of hydrogen-bond donors (Lipinski definition) is 1. The molecule has 1 N–H and O–H groups in total. The number of carboxylic acids is 1. The van der Waals surface area contributed by atoms with Crippen molar-refractivity contribution in [2.75, 3.05) is 26.7 Å². The number of halogens is 4. The summed E-state index contributed by atoms with van der Waals surface area (Å²) in [5.41, 5.74) is 0.527. The van der Waals surface area contributed by atoms with E-state index in [2.05, 4.69) is 16.8 Å². The van der Waals surface area contributed by atoms with Crippen LogP contribution in [0.4, 0.5) is 13.2 Å². The van der Waals surface area contributed by atoms with Crippen LogP contribution in [0.25, 0.3) is 10.9 Å². The molecule has 10 heteroatoms. The van der Waals surface area contributed by atoms with Crippen LogP contribution in [-0.4, -0.2) is 53.5 Å². The quantitative estimate of drug-likeness (QED) is 0.245. The third kappa shape index (κ3) is 6.09. The molecule has 198 valence electrons. The fourth-order valence-corrected chi connectivity index (χ4v) is 4.99. The molecule has 1 aliphatic heterocycles. The van der Waals surface area contributed by atoms with Gasteiger partial charge in [-0.2, -0.15) is 0 Å². The van der Waals surface area contributed by atoms with Crippen molar-refractivity contribution in [3.8, 4) is 17.6 Å². The van der Waals surface area contributed by atoms with Gasteiger partial charge in [0.05, 0.1) is 35.7 Å². The number of aromatic nitrogens is 1. The lowest BCUT2D eigenvalue weighted by atomic mass is 9.81. The Kier molecular flexibility index (Phi) is 8.55. The summed E-state index contributed by atoms with van der Waals surface area (Å²) in [6.07, 6.45) is 2.39. The lowest BCUT2D eigenvalue weighted by Crippen LogP contribution is -2.44. The minimum Gasteiger partial charge on any atom is -0.497 e. The van der Waals surface area contributed by atoms with E-state index in [-0.39, 0.29) is 36.2 Å². The summed E-state index contributed by atoms with van der Waals surface area (Å²) in [4.78, 5) is 31.3. The van der Waals surface area contributed by atoms with Crippen molar-refractivity contribution in [1.29, 1.82) is 0 Å². The van der Waals surface area contributed by atoms with Gasteiger partial charge in [-0.15, -0.1) is 0 Å². The van der Waals surface area contributed by atoms with Crippen molar-refractivity contribution >= 4 is 34.3 Å². The molecule has 1 saturated heterocycles. The predicted molar refractivity (Wildman–Crippen MR) is 136 cm³/mol. The first-order valence-corrected chi connectivity index (χ1v) is 12.3. The van der Waals surface area contributed by atoms with Gasteiger partial charge in [-0.3, -0.25) is 19.5 Å². The van der Waals surface area contributed by atoms with Crippen LogP contribution in [0.1, 0.15) is 35.2 Å². The van der Waals surface area contributed by atoms with E-state index in [1.54, 1.807) is 23.1 Å². The van der Waals surface area contributed by atoms with Crippen LogP contribution in [0, 0.1) is 41.1 Å². The Morgan fingerprint density at radius 1 is 1.24 bits per heavy atom. The molecule has 0 unspecified atom stereocenters. The van der Waals surface area contributed by atoms with E-state index in [9.17, 15) is 27.9 Å². The van der Waals surface area contributed by atoms with Gasteiger partial charge < -0.3 is 9.84 Å². The number of pyridine rings is 1. The van der Waals surface area contributed by atoms with Crippen molar-refractivity contribution in [3.63, 3.8) is 0 Å². The Bertz CT molecular complexity index is 1450. The molecule has 0 amide bonds. The number of hydrogen-bond acceptors (Lipinski definition) is 5. The van der Waals surface area contributed by atoms with E-state index in [0.717, 1.165) is 6.07 Å². The number of ketones is 1. The van der Waals surface area contributed by atoms with E-state index in [1.807, 2.05) is 0 Å². The normalized spacial score (nSPS) is 17.6. The van der Waals surface area contributed by atoms with Crippen LogP contribution in [0.3, 0.4) is 0 Å². The van der Waals surface area contributed by atoms with Crippen molar-refractivity contribution in [3.05, 3.63) is 70.1 Å². The number of carbonyl (C=O) groups excluding carboxylic acids is 1. The molecule has 6 nitrogen and oxygen atoms in total. The zero-order chi connectivity index (χ0) is 27.4. The Balaban J connectivity index is 1.42. The van der Waals surface area contributed by atoms with Crippen LogP contribution in [0.2, 0.25) is 5.02 Å². The first-order chi connectivity index (χ1) is 18.2. The SMILES string of the molecule is COc1ccc2ncc(Cl)c(C(=O)CC[C@H]3CCN(CC#Cc4cc(F)cc(F)c4F)C[C@H]3C(=O)O)c2c1. The van der Waals surface area contributed by atoms with Gasteiger partial charge in [0.2, 0.25) is 0 Å². The van der Waals surface area contributed by atoms with Gasteiger partial charge in [-0.25, -0.2) is 13.2 Å². The molecule has 1 fully saturated rings. The summed E-state index contributed by atoms with van der Waals surface area (Å²) in [7, 11) is 1.52. The number of Topliss-reactive ketones (excluding diaryl/α,β-unsaturated/α-hetero) is 1. The highest BCUT2D eigenvalue weighted by Gasteiger charge is 2.34. The first kappa shape index (κ1) is 27.4. The molecule has 1 aliphatic rings. The summed E-state index contributed by atoms with van der Waals surface area (Å²) in [5, 5.41) is 10.6. The Morgan fingerprint density at radius 3 is 2.76 bits per heavy atom. The molecule has 0 spiro atoms. The summed E-state index contributed by atoms with van der Waals surface area (Å²) >= 11 is 6.33. The van der Waals surface area contributed by atoms with E-state index >= 15 is 0 Å². The molecule has 4 rings (SSSR count). The summed E-state index contributed by atoms with van der Waals surface area (Å²) in [6, 6.07) is 6.42. The molecule has 0 radical (unpaired) electrons. The van der Waals surface area contributed by atoms with E-state index in [1.165, 1.54) is 13.3 Å². The topological polar surface area (TPSA) is 79.7 Å². The lowest BCUT2D eigenvalue weighted by molar-refractivity contribution is -0.146. The number of piperidine rings is 1. The molecule has 2 aromatic carbocycles. The molecule has 1 aromatic heterocycles. The zero-order valence-electron chi connectivity index (χ0n) is 20.4. The minimum atomic E-state index is -1.32. The maximum atomic E-state index is 13.8. The molecular weight excluding hydrogens is 521 g/mol. The van der Waals surface area contributed by atoms with Gasteiger partial charge >= 0.3 is 5.97 Å². The van der Waals surface area contributed by atoms with Gasteiger partial charge in [0.15, 0.2) is 17.4 Å². The molecule has 2 heterocycles. The number of aliphatic carboxylic acids is 1. The first-order valence-electron chi connectivity index (χ1n) is 11.9. The van der Waals surface area contributed by atoms with Crippen molar-refractivity contribution < 1.29 is 32.6 Å². The standard InChI is InChI=1S/C28H24ClF3N2O4/c1-38-19-5-6-24-20(13-19)26(22(29)14-33-24)25(35)7-4-16-8-10-34(15-21(16)28(36)37)9-2-3-17-11-18(30)12-23(31)27(17)32/h5-6,11-14,16,21H,4,7-10,15H2,1H3,(H,36,37)/t16-,21+/m0/s1. The highest BCUT2D eigenvalue weighted by atomic mass is 35.5. The van der Waals surface area contributed by atoms with Crippen LogP contribution in [0.15, 0.2) is 36.5 Å². The predicted octanol–water partition coefficient (Wildman–Crippen LogP) is 5.35. The van der Waals surface area contributed by atoms with E-state index in [4.69, 9.17) is 16.3 Å². The smallest absolute Gasteiger partial charge is 0.308 e. The average Bonchev–Trinajstić information content (AvgIpc) is 2.89. The fraction of sp³-hybridized carbons (Fsp3) is 0.321. The summed E-state index contributed by atoms with van der Waals surface area (Å²) in [5.74, 6) is -0.0413. The molecule has 0 saturated carbocycles. The van der Waals surface area contributed by atoms with Crippen molar-refractivity contribution in [1.82, 2.24) is 9.88 Å². The van der Waals surface area contributed by atoms with Crippen LogP contribution < -0.4 is 4.74 Å². The molecule has 2 atom stereocenters. The van der Waals surface area contributed by atoms with E-state index < -0.39 is 34.9 Å². The second-order valence-corrected chi connectivity index (χ2v) is 9.51. The number of fused-ring (bicyclic) bond motifs is 1. The highest BCUT2D eigenvalue weighted by molar-refractivity contribution is 6.35. The molecule has 0 bridgehead atoms. The minimum absolute atomic E-state index is 0.105. The highest BCUT2D eigenvalue weighted by Crippen LogP contribution is 2.32. The number of likely N-dealkylation sites (tertiary alicyclic amines) is 1. The van der Waals surface area contributed by atoms with Crippen molar-refractivity contribution in [2.45, 2.75) is 19.3 Å². The average molecular weight is 545 g/mol. The number of nitrogens with zero attached hydrogens (tertiary/aromatic N) is 2. The van der Waals surface area contributed by atoms with Gasteiger partial charge in [0, 0.05) is 36.2 Å².